The number of carbonyl (C=O) groups is 3. The summed E-state index contributed by atoms with van der Waals surface area (Å²) in [4.78, 5) is 57.0. The predicted octanol–water partition coefficient (Wildman–Crippen LogP) is 3.85. The van der Waals surface area contributed by atoms with Crippen LogP contribution in [-0.4, -0.2) is 39.1 Å². The van der Waals surface area contributed by atoms with Gasteiger partial charge in [0.15, 0.2) is 5.11 Å². The minimum absolute atomic E-state index is 0.0403. The molecule has 4 heterocycles. The number of rotatable bonds is 7. The van der Waals surface area contributed by atoms with Crippen molar-refractivity contribution >= 4 is 46.1 Å². The van der Waals surface area contributed by atoms with Crippen LogP contribution in [0.2, 0.25) is 0 Å². The molecule has 0 bridgehead atoms. The Morgan fingerprint density at radius 1 is 1.14 bits per heavy atom. The molecule has 0 saturated heterocycles. The molecule has 0 spiro atoms. The third kappa shape index (κ3) is 5.21. The fraction of sp³-hybridized carbons (Fsp3) is 0.250. The number of ether oxygens (including phenoxy) is 2. The van der Waals surface area contributed by atoms with E-state index < -0.39 is 29.3 Å². The van der Waals surface area contributed by atoms with Gasteiger partial charge in [-0.25, -0.2) is 14.2 Å². The van der Waals surface area contributed by atoms with E-state index >= 15 is 0 Å². The lowest BCUT2D eigenvalue weighted by atomic mass is 9.85. The number of thiocarbonyl (C=S) groups is 1. The highest BCUT2D eigenvalue weighted by Crippen LogP contribution is 2.41. The van der Waals surface area contributed by atoms with E-state index in [1.807, 2.05) is 30.3 Å². The monoisotopic (exact) mass is 614 g/mol. The number of halogens is 1. The Morgan fingerprint density at radius 2 is 1.91 bits per heavy atom. The number of hydrogen-bond acceptors (Lipinski definition) is 8. The van der Waals surface area contributed by atoms with E-state index in [9.17, 15) is 23.6 Å². The molecule has 2 aromatic heterocycles. The third-order valence-corrected chi connectivity index (χ3v) is 8.10. The Hall–Kier alpha value is -4.97. The summed E-state index contributed by atoms with van der Waals surface area (Å²) in [6.45, 7) is 2.03. The van der Waals surface area contributed by atoms with Gasteiger partial charge in [-0.3, -0.25) is 19.7 Å². The van der Waals surface area contributed by atoms with Gasteiger partial charge < -0.3 is 19.4 Å². The normalized spacial score (nSPS) is 16.4. The highest BCUT2D eigenvalue weighted by atomic mass is 32.1. The molecule has 12 heteroatoms. The molecule has 44 heavy (non-hydrogen) atoms. The van der Waals surface area contributed by atoms with Gasteiger partial charge in [-0.1, -0.05) is 25.1 Å². The third-order valence-electron chi connectivity index (χ3n) is 7.85. The highest BCUT2D eigenvalue weighted by Gasteiger charge is 2.50. The number of nitrogens with one attached hydrogen (secondary N) is 2. The highest BCUT2D eigenvalue weighted by molar-refractivity contribution is 7.80. The predicted molar refractivity (Wildman–Crippen MR) is 162 cm³/mol. The largest absolute Gasteiger partial charge is 0.457 e. The van der Waals surface area contributed by atoms with Crippen molar-refractivity contribution in [1.82, 2.24) is 20.2 Å². The van der Waals surface area contributed by atoms with Crippen molar-refractivity contribution in [1.29, 1.82) is 0 Å². The molecule has 1 amide bonds. The maximum absolute atomic E-state index is 13.7. The first-order valence-corrected chi connectivity index (χ1v) is 14.5. The van der Waals surface area contributed by atoms with Gasteiger partial charge in [-0.2, -0.15) is 0 Å². The van der Waals surface area contributed by atoms with E-state index in [4.69, 9.17) is 26.7 Å². The number of pyridine rings is 2. The van der Waals surface area contributed by atoms with E-state index in [2.05, 4.69) is 10.6 Å². The molecular weight excluding hydrogens is 587 g/mol. The van der Waals surface area contributed by atoms with Gasteiger partial charge in [0.2, 0.25) is 5.60 Å². The van der Waals surface area contributed by atoms with Gasteiger partial charge in [0.05, 0.1) is 29.0 Å². The molecule has 0 fully saturated rings. The number of nitrogens with zero attached hydrogens (tertiary/aromatic N) is 2. The molecule has 10 nitrogen and oxygen atoms in total. The van der Waals surface area contributed by atoms with Crippen LogP contribution in [0.4, 0.5) is 4.39 Å². The van der Waals surface area contributed by atoms with E-state index in [0.717, 1.165) is 16.5 Å². The van der Waals surface area contributed by atoms with Gasteiger partial charge >= 0.3 is 11.9 Å². The van der Waals surface area contributed by atoms with Crippen LogP contribution in [0.1, 0.15) is 53.2 Å². The topological polar surface area (TPSA) is 129 Å². The molecular formula is C32H27FN4O6S. The number of esters is 2. The molecule has 6 rings (SSSR count). The summed E-state index contributed by atoms with van der Waals surface area (Å²) in [5.41, 5.74) is 1.57. The maximum atomic E-state index is 13.7. The fourth-order valence-corrected chi connectivity index (χ4v) is 5.78. The first kappa shape index (κ1) is 29.1. The van der Waals surface area contributed by atoms with Crippen LogP contribution < -0.4 is 16.2 Å². The zero-order valence-corrected chi connectivity index (χ0v) is 24.5. The van der Waals surface area contributed by atoms with E-state index in [-0.39, 0.29) is 54.2 Å². The average molecular weight is 615 g/mol. The zero-order valence-electron chi connectivity index (χ0n) is 23.6. The summed E-state index contributed by atoms with van der Waals surface area (Å²) >= 11 is 5.14. The first-order chi connectivity index (χ1) is 21.2. The second-order valence-electron chi connectivity index (χ2n) is 10.6. The van der Waals surface area contributed by atoms with Crippen LogP contribution in [0.5, 0.6) is 0 Å². The van der Waals surface area contributed by atoms with Crippen LogP contribution >= 0.6 is 12.2 Å². The zero-order chi connectivity index (χ0) is 31.0. The Morgan fingerprint density at radius 3 is 2.68 bits per heavy atom. The number of carbonyl (C=O) groups excluding carboxylic acids is 3. The molecule has 2 aliphatic heterocycles. The Labute approximate surface area is 256 Å². The summed E-state index contributed by atoms with van der Waals surface area (Å²) < 4.78 is 25.9. The van der Waals surface area contributed by atoms with Crippen LogP contribution in [0.25, 0.3) is 22.3 Å². The second kappa shape index (κ2) is 11.6. The number of para-hydroxylation sites is 1. The van der Waals surface area contributed by atoms with Gasteiger partial charge in [-0.15, -0.1) is 0 Å². The summed E-state index contributed by atoms with van der Waals surface area (Å²) in [5.74, 6) is -2.37. The molecule has 4 aromatic rings. The maximum Gasteiger partial charge on any atom is 0.355 e. The lowest BCUT2D eigenvalue weighted by Crippen LogP contribution is -2.47. The van der Waals surface area contributed by atoms with Crippen LogP contribution in [-0.2, 0) is 37.8 Å². The van der Waals surface area contributed by atoms with Crippen molar-refractivity contribution in [3.8, 4) is 11.4 Å². The number of aromatic nitrogens is 2. The molecule has 2 N–H and O–H groups in total. The Kier molecular flexibility index (Phi) is 7.68. The standard InChI is InChI=1S/C32H27FN4O6S/c1-2-32(43-26(38)8-5-13-34-31(44)36-28(39)18-9-11-21(33)12-10-18)23-15-25-27-20(14-19-6-3-4-7-24(19)35-27)16-37(25)29(40)22(23)17-42-30(32)41/h3-4,6-7,9-12,14-15H,2,5,8,13,16-17H2,1H3,(H2,34,36,39,44)/t32-/m0/s1. The number of hydrogen-bond donors (Lipinski definition) is 2. The summed E-state index contributed by atoms with van der Waals surface area (Å²) in [6, 6.07) is 16.4. The number of fused-ring (bicyclic) bond motifs is 5. The van der Waals surface area contributed by atoms with Gasteiger partial charge in [0, 0.05) is 35.0 Å². The molecule has 0 radical (unpaired) electrons. The molecule has 1 atom stereocenters. The van der Waals surface area contributed by atoms with E-state index in [1.54, 1.807) is 17.6 Å². The first-order valence-electron chi connectivity index (χ1n) is 14.1. The summed E-state index contributed by atoms with van der Waals surface area (Å²) in [6.07, 6.45) is 0.250. The van der Waals surface area contributed by atoms with Gasteiger partial charge in [0.1, 0.15) is 12.4 Å². The molecule has 0 saturated carbocycles. The average Bonchev–Trinajstić information content (AvgIpc) is 3.37. The quantitative estimate of drug-likeness (QED) is 0.160. The summed E-state index contributed by atoms with van der Waals surface area (Å²) in [5, 5.41) is 6.32. The fourth-order valence-electron chi connectivity index (χ4n) is 5.58. The SMILES string of the molecule is CC[C@@]1(OC(=O)CCCNC(=S)NC(=O)c2ccc(F)cc2)C(=O)OCc2c1cc1n(c2=O)Cc2cc3ccccc3nc2-1. The van der Waals surface area contributed by atoms with E-state index in [0.29, 0.717) is 23.5 Å². The van der Waals surface area contributed by atoms with Crippen molar-refractivity contribution in [2.24, 2.45) is 0 Å². The number of benzene rings is 2. The lowest BCUT2D eigenvalue weighted by molar-refractivity contribution is -0.189. The minimum atomic E-state index is -1.79. The molecule has 2 aromatic carbocycles. The number of amides is 1. The van der Waals surface area contributed by atoms with Crippen LogP contribution in [0.3, 0.4) is 0 Å². The van der Waals surface area contributed by atoms with Crippen molar-refractivity contribution in [3.63, 3.8) is 0 Å². The molecule has 0 unspecified atom stereocenters. The van der Waals surface area contributed by atoms with Crippen molar-refractivity contribution in [2.75, 3.05) is 6.54 Å². The van der Waals surface area contributed by atoms with Gasteiger partial charge in [-0.05, 0) is 67.5 Å². The molecule has 224 valence electrons. The Bertz CT molecular complexity index is 1910. The second-order valence-corrected chi connectivity index (χ2v) is 11.0. The summed E-state index contributed by atoms with van der Waals surface area (Å²) in [7, 11) is 0. The number of cyclic esters (lactones) is 1. The smallest absolute Gasteiger partial charge is 0.355 e. The van der Waals surface area contributed by atoms with Crippen molar-refractivity contribution in [2.45, 2.75) is 44.9 Å². The Balaban J connectivity index is 1.16. The minimum Gasteiger partial charge on any atom is -0.457 e. The molecule has 0 aliphatic carbocycles. The lowest BCUT2D eigenvalue weighted by Gasteiger charge is -2.35. The van der Waals surface area contributed by atoms with E-state index in [1.165, 1.54) is 24.3 Å². The van der Waals surface area contributed by atoms with Crippen molar-refractivity contribution in [3.05, 3.63) is 99.1 Å². The molecule has 2 aliphatic rings. The van der Waals surface area contributed by atoms with Crippen molar-refractivity contribution < 1.29 is 28.2 Å². The van der Waals surface area contributed by atoms with Crippen LogP contribution in [0, 0.1) is 5.82 Å². The van der Waals surface area contributed by atoms with Crippen LogP contribution in [0.15, 0.2) is 65.5 Å². The van der Waals surface area contributed by atoms with Gasteiger partial charge in [0.25, 0.3) is 11.5 Å².